The number of amides is 1. The third kappa shape index (κ3) is 4.18. The molecule has 32 heavy (non-hydrogen) atoms. The van der Waals surface area contributed by atoms with Crippen LogP contribution in [0.2, 0.25) is 5.02 Å². The number of likely N-dealkylation sites (tertiary alicyclic amines) is 1. The van der Waals surface area contributed by atoms with Gasteiger partial charge in [0, 0.05) is 31.7 Å². The number of carbonyl (C=O) groups excluding carboxylic acids is 1. The fourth-order valence-corrected chi connectivity index (χ4v) is 4.01. The average Bonchev–Trinajstić information content (AvgIpc) is 3.26. The first-order valence-electron chi connectivity index (χ1n) is 10.1. The molecule has 2 aromatic carbocycles. The molecule has 1 atom stereocenters. The van der Waals surface area contributed by atoms with Gasteiger partial charge in [0.05, 0.1) is 43.6 Å². The molecule has 2 N–H and O–H groups in total. The van der Waals surface area contributed by atoms with Crippen molar-refractivity contribution in [1.82, 2.24) is 4.90 Å². The summed E-state index contributed by atoms with van der Waals surface area (Å²) < 4.78 is 31.5. The van der Waals surface area contributed by atoms with E-state index in [1.54, 1.807) is 41.4 Å². The van der Waals surface area contributed by atoms with E-state index in [-0.39, 0.29) is 35.0 Å². The number of nitrogens with zero attached hydrogens (tertiary/aromatic N) is 3. The SMILES string of the molecule is COCC(=O)N1CC[C@@H](Oc2cc3c(cc2OC)CN=CN3c2ccc(N)c(Cl)c2F)C1. The van der Waals surface area contributed by atoms with Gasteiger partial charge < -0.3 is 24.8 Å². The van der Waals surface area contributed by atoms with Crippen molar-refractivity contribution in [3.8, 4) is 11.5 Å². The van der Waals surface area contributed by atoms with Gasteiger partial charge in [0.15, 0.2) is 17.3 Å². The normalized spacial score (nSPS) is 17.4. The van der Waals surface area contributed by atoms with Gasteiger partial charge in [-0.05, 0) is 18.2 Å². The Morgan fingerprint density at radius 3 is 2.84 bits per heavy atom. The zero-order valence-corrected chi connectivity index (χ0v) is 18.6. The molecule has 2 heterocycles. The third-order valence-corrected chi connectivity index (χ3v) is 5.88. The van der Waals surface area contributed by atoms with E-state index in [9.17, 15) is 9.18 Å². The number of methoxy groups -OCH3 is 2. The van der Waals surface area contributed by atoms with Crippen molar-refractivity contribution in [1.29, 1.82) is 0 Å². The monoisotopic (exact) mass is 462 g/mol. The first-order valence-corrected chi connectivity index (χ1v) is 10.5. The molecule has 2 aromatic rings. The molecule has 1 fully saturated rings. The maximum absolute atomic E-state index is 14.9. The molecular weight excluding hydrogens is 439 g/mol. The number of rotatable bonds is 6. The number of halogens is 2. The van der Waals surface area contributed by atoms with Gasteiger partial charge in [0.2, 0.25) is 5.91 Å². The first kappa shape index (κ1) is 22.2. The number of hydrogen-bond acceptors (Lipinski definition) is 7. The minimum absolute atomic E-state index is 0.0406. The Hall–Kier alpha value is -3.04. The molecule has 0 aliphatic carbocycles. The molecule has 1 saturated heterocycles. The highest BCUT2D eigenvalue weighted by Gasteiger charge is 2.29. The summed E-state index contributed by atoms with van der Waals surface area (Å²) in [6.45, 7) is 1.50. The van der Waals surface area contributed by atoms with Crippen LogP contribution in [0.15, 0.2) is 29.3 Å². The molecule has 10 heteroatoms. The van der Waals surface area contributed by atoms with Crippen molar-refractivity contribution in [3.63, 3.8) is 0 Å². The molecule has 170 valence electrons. The Labute approximate surface area is 190 Å². The lowest BCUT2D eigenvalue weighted by Gasteiger charge is -2.28. The van der Waals surface area contributed by atoms with Gasteiger partial charge in [-0.15, -0.1) is 0 Å². The van der Waals surface area contributed by atoms with E-state index in [2.05, 4.69) is 4.99 Å². The van der Waals surface area contributed by atoms with Crippen LogP contribution in [0.25, 0.3) is 0 Å². The van der Waals surface area contributed by atoms with E-state index in [0.29, 0.717) is 43.2 Å². The minimum Gasteiger partial charge on any atom is -0.493 e. The zero-order chi connectivity index (χ0) is 22.8. The van der Waals surface area contributed by atoms with Crippen LogP contribution in [0.1, 0.15) is 12.0 Å². The van der Waals surface area contributed by atoms with Crippen molar-refractivity contribution >= 4 is 40.9 Å². The van der Waals surface area contributed by atoms with Crippen molar-refractivity contribution in [2.24, 2.45) is 4.99 Å². The minimum atomic E-state index is -0.632. The van der Waals surface area contributed by atoms with Gasteiger partial charge in [0.1, 0.15) is 17.7 Å². The Kier molecular flexibility index (Phi) is 6.38. The summed E-state index contributed by atoms with van der Waals surface area (Å²) >= 11 is 6.03. The molecule has 0 aromatic heterocycles. The summed E-state index contributed by atoms with van der Waals surface area (Å²) in [4.78, 5) is 19.7. The second-order valence-corrected chi connectivity index (χ2v) is 7.94. The molecule has 0 bridgehead atoms. The van der Waals surface area contributed by atoms with Gasteiger partial charge >= 0.3 is 0 Å². The van der Waals surface area contributed by atoms with Gasteiger partial charge in [-0.25, -0.2) is 4.39 Å². The van der Waals surface area contributed by atoms with Gasteiger partial charge in [0.25, 0.3) is 0 Å². The largest absolute Gasteiger partial charge is 0.493 e. The molecule has 1 amide bonds. The molecule has 0 unspecified atom stereocenters. The zero-order valence-electron chi connectivity index (χ0n) is 17.8. The van der Waals surface area contributed by atoms with Crippen LogP contribution in [-0.2, 0) is 16.1 Å². The first-order chi connectivity index (χ1) is 15.4. The van der Waals surface area contributed by atoms with Crippen LogP contribution in [0, 0.1) is 5.82 Å². The van der Waals surface area contributed by atoms with Gasteiger partial charge in [-0.1, -0.05) is 11.6 Å². The van der Waals surface area contributed by atoms with E-state index >= 15 is 0 Å². The summed E-state index contributed by atoms with van der Waals surface area (Å²) in [5.74, 6) is 0.333. The van der Waals surface area contributed by atoms with Crippen LogP contribution >= 0.6 is 11.6 Å². The summed E-state index contributed by atoms with van der Waals surface area (Å²) in [5.41, 5.74) is 7.64. The van der Waals surface area contributed by atoms with E-state index in [4.69, 9.17) is 31.5 Å². The predicted molar refractivity (Wildman–Crippen MR) is 121 cm³/mol. The fraction of sp³-hybridized carbons (Fsp3) is 0.364. The van der Waals surface area contributed by atoms with E-state index in [1.807, 2.05) is 6.07 Å². The number of nitrogens with two attached hydrogens (primary N) is 1. The smallest absolute Gasteiger partial charge is 0.248 e. The maximum Gasteiger partial charge on any atom is 0.248 e. The number of hydrogen-bond donors (Lipinski definition) is 1. The molecule has 2 aliphatic rings. The van der Waals surface area contributed by atoms with E-state index < -0.39 is 5.82 Å². The Morgan fingerprint density at radius 1 is 1.28 bits per heavy atom. The number of nitrogen functional groups attached to an aromatic ring is 1. The van der Waals surface area contributed by atoms with Gasteiger partial charge in [-0.2, -0.15) is 0 Å². The lowest BCUT2D eigenvalue weighted by atomic mass is 10.1. The topological polar surface area (TPSA) is 89.6 Å². The quantitative estimate of drug-likeness (QED) is 0.662. The number of anilines is 3. The number of ether oxygens (including phenoxy) is 3. The summed E-state index contributed by atoms with van der Waals surface area (Å²) in [6, 6.07) is 6.73. The standard InChI is InChI=1S/C22H24ClFN4O4/c1-30-11-20(29)27-6-5-14(10-27)32-19-8-17-13(7-18(19)31-2)9-26-12-28(17)16-4-3-15(25)21(23)22(16)24/h3-4,7-8,12,14H,5-6,9-11,25H2,1-2H3/t14-/m1/s1. The summed E-state index contributed by atoms with van der Waals surface area (Å²) in [6.07, 6.45) is 2.03. The molecule has 4 rings (SSSR count). The molecular formula is C22H24ClFN4O4. The number of carbonyl (C=O) groups is 1. The average molecular weight is 463 g/mol. The Balaban J connectivity index is 1.63. The third-order valence-electron chi connectivity index (χ3n) is 5.49. The number of aliphatic imine (C=N–C) groups is 1. The second kappa shape index (κ2) is 9.22. The summed E-state index contributed by atoms with van der Waals surface area (Å²) in [5, 5.41) is -0.139. The summed E-state index contributed by atoms with van der Waals surface area (Å²) in [7, 11) is 3.05. The van der Waals surface area contributed by atoms with Crippen LogP contribution in [0.3, 0.4) is 0 Å². The fourth-order valence-electron chi connectivity index (χ4n) is 3.85. The highest BCUT2D eigenvalue weighted by Crippen LogP contribution is 2.42. The maximum atomic E-state index is 14.9. The lowest BCUT2D eigenvalue weighted by Crippen LogP contribution is -2.33. The molecule has 0 saturated carbocycles. The van der Waals surface area contributed by atoms with Crippen molar-refractivity contribution < 1.29 is 23.4 Å². The molecule has 0 spiro atoms. The highest BCUT2D eigenvalue weighted by molar-refractivity contribution is 6.33. The van der Waals surface area contributed by atoms with Crippen LogP contribution in [-0.4, -0.2) is 57.2 Å². The van der Waals surface area contributed by atoms with Crippen molar-refractivity contribution in [2.45, 2.75) is 19.1 Å². The van der Waals surface area contributed by atoms with Gasteiger partial charge in [-0.3, -0.25) is 14.7 Å². The Bertz CT molecular complexity index is 1060. The molecule has 2 aliphatic heterocycles. The number of fused-ring (bicyclic) bond motifs is 1. The van der Waals surface area contributed by atoms with E-state index in [0.717, 1.165) is 5.56 Å². The molecule has 0 radical (unpaired) electrons. The van der Waals surface area contributed by atoms with Crippen LogP contribution in [0.5, 0.6) is 11.5 Å². The van der Waals surface area contributed by atoms with Crippen LogP contribution < -0.4 is 20.1 Å². The highest BCUT2D eigenvalue weighted by atomic mass is 35.5. The van der Waals surface area contributed by atoms with E-state index in [1.165, 1.54) is 7.11 Å². The number of benzene rings is 2. The molecule has 8 nitrogen and oxygen atoms in total. The van der Waals surface area contributed by atoms with Crippen molar-refractivity contribution in [2.75, 3.05) is 44.5 Å². The Morgan fingerprint density at radius 2 is 2.09 bits per heavy atom. The van der Waals surface area contributed by atoms with Crippen LogP contribution in [0.4, 0.5) is 21.5 Å². The predicted octanol–water partition coefficient (Wildman–Crippen LogP) is 3.38. The second-order valence-electron chi connectivity index (χ2n) is 7.56. The lowest BCUT2D eigenvalue weighted by molar-refractivity contribution is -0.134. The van der Waals surface area contributed by atoms with Crippen molar-refractivity contribution in [3.05, 3.63) is 40.7 Å².